The van der Waals surface area contributed by atoms with Crippen molar-refractivity contribution in [3.05, 3.63) is 23.8 Å². The number of nitrogens with one attached hydrogen (secondary N) is 1. The Morgan fingerprint density at radius 3 is 2.76 bits per heavy atom. The van der Waals surface area contributed by atoms with Crippen molar-refractivity contribution in [2.45, 2.75) is 76.0 Å². The van der Waals surface area contributed by atoms with Gasteiger partial charge in [0.05, 0.1) is 12.2 Å². The summed E-state index contributed by atoms with van der Waals surface area (Å²) in [5.74, 6) is -0.791. The van der Waals surface area contributed by atoms with Gasteiger partial charge < -0.3 is 25.0 Å². The van der Waals surface area contributed by atoms with Gasteiger partial charge in [-0.3, -0.25) is 9.59 Å². The zero-order chi connectivity index (χ0) is 23.2. The van der Waals surface area contributed by atoms with Gasteiger partial charge in [-0.15, -0.1) is 0 Å². The molecule has 3 saturated carbocycles. The summed E-state index contributed by atoms with van der Waals surface area (Å²) in [6.07, 6.45) is 8.48. The highest BCUT2D eigenvalue weighted by atomic mass is 16.8. The number of carbonyl (C=O) groups is 2. The number of rotatable bonds is 2. The van der Waals surface area contributed by atoms with Gasteiger partial charge >= 0.3 is 0 Å². The molecular formula is C26H35NO6. The third-order valence-electron chi connectivity index (χ3n) is 10.3. The lowest BCUT2D eigenvalue weighted by Gasteiger charge is -2.60. The predicted molar refractivity (Wildman–Crippen MR) is 119 cm³/mol. The number of hydrogen-bond acceptors (Lipinski definition) is 7. The van der Waals surface area contributed by atoms with E-state index in [0.29, 0.717) is 25.7 Å². The Labute approximate surface area is 194 Å². The second-order valence-electron chi connectivity index (χ2n) is 11.6. The molecule has 5 fully saturated rings. The summed E-state index contributed by atoms with van der Waals surface area (Å²) in [6, 6.07) is 0. The van der Waals surface area contributed by atoms with Crippen LogP contribution >= 0.6 is 0 Å². The van der Waals surface area contributed by atoms with Gasteiger partial charge in [-0.25, -0.2) is 0 Å². The Hall–Kier alpha value is -1.38. The standard InChI is InChI=1S/C26H35NO6/c1-23-6-5-16(29)11-15(23)3-4-17-18-12-21-26(20(31)14-28,24(18,2)13-19(30)22(17)23)33-25(32-21)7-9-27-10-8-25/h5-6,11,17-19,21-22,27-28,30H,3-4,7-10,12-14H2,1-2H3/t17?,18?,19-,21+,22+,23-,24-,26+/m0/s1. The number of piperidine rings is 1. The summed E-state index contributed by atoms with van der Waals surface area (Å²) in [6.45, 7) is 5.17. The number of ketones is 2. The van der Waals surface area contributed by atoms with Crippen LogP contribution in [0.4, 0.5) is 0 Å². The second-order valence-corrected chi connectivity index (χ2v) is 11.6. The quantitative estimate of drug-likeness (QED) is 0.579. The van der Waals surface area contributed by atoms with Crippen molar-refractivity contribution in [3.8, 4) is 0 Å². The van der Waals surface area contributed by atoms with E-state index in [2.05, 4.69) is 19.2 Å². The first kappa shape index (κ1) is 22.1. The summed E-state index contributed by atoms with van der Waals surface area (Å²) in [5.41, 5.74) is -1.11. The highest BCUT2D eigenvalue weighted by Gasteiger charge is 2.77. The molecule has 6 rings (SSSR count). The first-order valence-corrected chi connectivity index (χ1v) is 12.5. The van der Waals surface area contributed by atoms with Gasteiger partial charge in [0.15, 0.2) is 23.0 Å². The Morgan fingerprint density at radius 2 is 2.03 bits per heavy atom. The molecule has 7 nitrogen and oxygen atoms in total. The summed E-state index contributed by atoms with van der Waals surface area (Å²) in [7, 11) is 0. The highest BCUT2D eigenvalue weighted by molar-refractivity contribution is 6.01. The summed E-state index contributed by atoms with van der Waals surface area (Å²) in [4.78, 5) is 25.5. The van der Waals surface area contributed by atoms with Crippen LogP contribution in [0, 0.1) is 28.6 Å². The van der Waals surface area contributed by atoms with Crippen LogP contribution in [0.2, 0.25) is 0 Å². The SMILES string of the molecule is C[C@]12C=CC(=O)C=C1CCC1C3C[C@H]4OC5(CCNCC5)O[C@@]4(C(=O)CO)[C@@]3(C)C[C@H](O)[C@@H]12. The molecule has 0 radical (unpaired) electrons. The third kappa shape index (κ3) is 2.69. The molecule has 1 spiro atoms. The largest absolute Gasteiger partial charge is 0.393 e. The number of aliphatic hydroxyl groups excluding tert-OH is 2. The predicted octanol–water partition coefficient (Wildman–Crippen LogP) is 1.67. The number of hydrogen-bond donors (Lipinski definition) is 3. The van der Waals surface area contributed by atoms with Crippen LogP contribution in [0.15, 0.2) is 23.8 Å². The van der Waals surface area contributed by atoms with Gasteiger partial charge in [0.2, 0.25) is 0 Å². The molecule has 0 aromatic carbocycles. The Morgan fingerprint density at radius 1 is 1.27 bits per heavy atom. The first-order valence-electron chi connectivity index (χ1n) is 12.5. The zero-order valence-electron chi connectivity index (χ0n) is 19.5. The van der Waals surface area contributed by atoms with Gasteiger partial charge in [0.1, 0.15) is 6.61 Å². The fraction of sp³-hybridized carbons (Fsp3) is 0.769. The van der Waals surface area contributed by atoms with Crippen molar-refractivity contribution in [3.63, 3.8) is 0 Å². The van der Waals surface area contributed by atoms with E-state index >= 15 is 0 Å². The average molecular weight is 458 g/mol. The van der Waals surface area contributed by atoms with Gasteiger partial charge in [0.25, 0.3) is 0 Å². The molecule has 0 aromatic heterocycles. The second kappa shape index (κ2) is 7.08. The summed E-state index contributed by atoms with van der Waals surface area (Å²) in [5, 5.41) is 25.0. The van der Waals surface area contributed by atoms with Crippen LogP contribution < -0.4 is 5.32 Å². The first-order chi connectivity index (χ1) is 15.7. The van der Waals surface area contributed by atoms with Crippen molar-refractivity contribution in [1.29, 1.82) is 0 Å². The van der Waals surface area contributed by atoms with E-state index in [-0.39, 0.29) is 34.7 Å². The molecule has 2 saturated heterocycles. The number of allylic oxidation sites excluding steroid dienone is 4. The summed E-state index contributed by atoms with van der Waals surface area (Å²) < 4.78 is 13.4. The van der Waals surface area contributed by atoms with Crippen LogP contribution in [0.25, 0.3) is 0 Å². The van der Waals surface area contributed by atoms with E-state index in [9.17, 15) is 19.8 Å². The van der Waals surface area contributed by atoms with Crippen molar-refractivity contribution < 1.29 is 29.3 Å². The molecule has 4 aliphatic carbocycles. The third-order valence-corrected chi connectivity index (χ3v) is 10.3. The van der Waals surface area contributed by atoms with Crippen LogP contribution in [0.5, 0.6) is 0 Å². The van der Waals surface area contributed by atoms with E-state index in [0.717, 1.165) is 31.5 Å². The molecule has 33 heavy (non-hydrogen) atoms. The average Bonchev–Trinajstić information content (AvgIpc) is 3.22. The number of carbonyl (C=O) groups excluding carboxylic acids is 2. The number of fused-ring (bicyclic) bond motifs is 7. The van der Waals surface area contributed by atoms with E-state index in [1.165, 1.54) is 0 Å². The molecule has 2 aliphatic heterocycles. The smallest absolute Gasteiger partial charge is 0.193 e. The number of ether oxygens (including phenoxy) is 2. The molecule has 0 bridgehead atoms. The van der Waals surface area contributed by atoms with Crippen LogP contribution in [-0.2, 0) is 19.1 Å². The lowest BCUT2D eigenvalue weighted by molar-refractivity contribution is -0.246. The Balaban J connectivity index is 1.41. The van der Waals surface area contributed by atoms with Crippen molar-refractivity contribution in [2.24, 2.45) is 28.6 Å². The molecule has 3 N–H and O–H groups in total. The summed E-state index contributed by atoms with van der Waals surface area (Å²) >= 11 is 0. The van der Waals surface area contributed by atoms with E-state index in [1.54, 1.807) is 12.2 Å². The monoisotopic (exact) mass is 457 g/mol. The zero-order valence-corrected chi connectivity index (χ0v) is 19.5. The maximum atomic E-state index is 13.5. The maximum absolute atomic E-state index is 13.5. The minimum absolute atomic E-state index is 0.0205. The van der Waals surface area contributed by atoms with Crippen LogP contribution in [0.3, 0.4) is 0 Å². The lowest BCUT2D eigenvalue weighted by atomic mass is 9.46. The van der Waals surface area contributed by atoms with Gasteiger partial charge in [-0.2, -0.15) is 0 Å². The fourth-order valence-corrected chi connectivity index (χ4v) is 8.89. The van der Waals surface area contributed by atoms with Crippen molar-refractivity contribution in [2.75, 3.05) is 19.7 Å². The molecule has 8 atom stereocenters. The number of Topliss-reactive ketones (excluding diaryl/α,β-unsaturated/α-hetero) is 1. The maximum Gasteiger partial charge on any atom is 0.193 e. The molecule has 6 aliphatic rings. The highest BCUT2D eigenvalue weighted by Crippen LogP contribution is 2.70. The molecule has 0 aromatic rings. The number of aliphatic hydroxyl groups is 2. The lowest BCUT2D eigenvalue weighted by Crippen LogP contribution is -2.64. The minimum atomic E-state index is -1.23. The van der Waals surface area contributed by atoms with Crippen molar-refractivity contribution >= 4 is 11.6 Å². The van der Waals surface area contributed by atoms with Crippen LogP contribution in [-0.4, -0.2) is 65.1 Å². The minimum Gasteiger partial charge on any atom is -0.393 e. The topological polar surface area (TPSA) is 105 Å². The van der Waals surface area contributed by atoms with E-state index in [4.69, 9.17) is 9.47 Å². The van der Waals surface area contributed by atoms with Gasteiger partial charge in [-0.1, -0.05) is 25.5 Å². The van der Waals surface area contributed by atoms with Crippen molar-refractivity contribution in [1.82, 2.24) is 5.32 Å². The fourth-order valence-electron chi connectivity index (χ4n) is 8.89. The molecule has 0 amide bonds. The van der Waals surface area contributed by atoms with Gasteiger partial charge in [-0.05, 0) is 49.7 Å². The Kier molecular flexibility index (Phi) is 4.74. The molecule has 180 valence electrons. The molecular weight excluding hydrogens is 422 g/mol. The van der Waals surface area contributed by atoms with E-state index in [1.807, 2.05) is 6.08 Å². The van der Waals surface area contributed by atoms with E-state index < -0.39 is 35.6 Å². The Bertz CT molecular complexity index is 952. The van der Waals surface area contributed by atoms with Crippen LogP contribution in [0.1, 0.15) is 52.4 Å². The normalized spacial score (nSPS) is 49.8. The molecule has 2 unspecified atom stereocenters. The van der Waals surface area contributed by atoms with Gasteiger partial charge in [0, 0.05) is 42.7 Å². The molecule has 7 heteroatoms. The molecule has 2 heterocycles.